The van der Waals surface area contributed by atoms with Gasteiger partial charge in [0.25, 0.3) is 0 Å². The summed E-state index contributed by atoms with van der Waals surface area (Å²) in [6, 6.07) is 6.83. The second-order valence-corrected chi connectivity index (χ2v) is 5.16. The molecule has 0 fully saturated rings. The van der Waals surface area contributed by atoms with E-state index < -0.39 is 0 Å². The fourth-order valence-corrected chi connectivity index (χ4v) is 3.32. The summed E-state index contributed by atoms with van der Waals surface area (Å²) in [7, 11) is 3.76. The van der Waals surface area contributed by atoms with E-state index >= 15 is 0 Å². The first-order valence-corrected chi connectivity index (χ1v) is 6.14. The molecule has 3 heteroatoms. The molecule has 0 aromatic heterocycles. The monoisotopic (exact) mass is 223 g/mol. The van der Waals surface area contributed by atoms with Crippen LogP contribution in [-0.4, -0.2) is 25.4 Å². The van der Waals surface area contributed by atoms with Crippen molar-refractivity contribution in [3.8, 4) is 5.75 Å². The third-order valence-electron chi connectivity index (χ3n) is 3.01. The first-order valence-electron chi connectivity index (χ1n) is 5.26. The Morgan fingerprint density at radius 1 is 1.53 bits per heavy atom. The van der Waals surface area contributed by atoms with Gasteiger partial charge in [0.1, 0.15) is 5.75 Å². The van der Waals surface area contributed by atoms with Crippen molar-refractivity contribution in [3.63, 3.8) is 0 Å². The molecule has 2 atom stereocenters. The lowest BCUT2D eigenvalue weighted by molar-refractivity contribution is 0.407. The molecule has 82 valence electrons. The molecule has 0 amide bonds. The van der Waals surface area contributed by atoms with Gasteiger partial charge in [-0.2, -0.15) is 0 Å². The van der Waals surface area contributed by atoms with Crippen LogP contribution in [0, 0.1) is 0 Å². The highest BCUT2D eigenvalue weighted by atomic mass is 32.2. The van der Waals surface area contributed by atoms with Crippen LogP contribution < -0.4 is 10.1 Å². The van der Waals surface area contributed by atoms with E-state index in [-0.39, 0.29) is 0 Å². The van der Waals surface area contributed by atoms with E-state index in [1.807, 2.05) is 24.9 Å². The Hall–Kier alpha value is -0.670. The minimum Gasteiger partial charge on any atom is -0.496 e. The standard InChI is InChI=1S/C12H17NOS/c1-8(13-2)12-7-9-10(14-3)5-4-6-11(9)15-12/h4-6,8,12-13H,7H2,1-3H3. The van der Waals surface area contributed by atoms with Gasteiger partial charge in [-0.3, -0.25) is 0 Å². The first-order chi connectivity index (χ1) is 7.26. The van der Waals surface area contributed by atoms with Crippen molar-refractivity contribution in [1.29, 1.82) is 0 Å². The number of ether oxygens (including phenoxy) is 1. The quantitative estimate of drug-likeness (QED) is 0.849. The maximum Gasteiger partial charge on any atom is 0.123 e. The smallest absolute Gasteiger partial charge is 0.123 e. The van der Waals surface area contributed by atoms with E-state index in [0.717, 1.165) is 12.2 Å². The SMILES string of the molecule is CNC(C)C1Cc2c(OC)cccc2S1. The zero-order valence-electron chi connectivity index (χ0n) is 9.41. The number of fused-ring (bicyclic) bond motifs is 1. The highest BCUT2D eigenvalue weighted by molar-refractivity contribution is 8.00. The molecule has 2 nitrogen and oxygen atoms in total. The summed E-state index contributed by atoms with van der Waals surface area (Å²) in [6.07, 6.45) is 1.10. The lowest BCUT2D eigenvalue weighted by Crippen LogP contribution is -2.32. The van der Waals surface area contributed by atoms with E-state index in [1.54, 1.807) is 7.11 Å². The normalized spacial score (nSPS) is 21.1. The largest absolute Gasteiger partial charge is 0.496 e. The van der Waals surface area contributed by atoms with Crippen molar-refractivity contribution in [2.45, 2.75) is 29.5 Å². The lowest BCUT2D eigenvalue weighted by atomic mass is 10.1. The van der Waals surface area contributed by atoms with Gasteiger partial charge in [0.05, 0.1) is 7.11 Å². The Morgan fingerprint density at radius 2 is 2.33 bits per heavy atom. The molecular formula is C12H17NOS. The van der Waals surface area contributed by atoms with Gasteiger partial charge in [-0.15, -0.1) is 11.8 Å². The van der Waals surface area contributed by atoms with Gasteiger partial charge in [-0.1, -0.05) is 6.07 Å². The molecule has 0 aliphatic carbocycles. The first kappa shape index (κ1) is 10.8. The van der Waals surface area contributed by atoms with Crippen molar-refractivity contribution < 1.29 is 4.74 Å². The summed E-state index contributed by atoms with van der Waals surface area (Å²) in [5.41, 5.74) is 1.37. The van der Waals surface area contributed by atoms with E-state index in [9.17, 15) is 0 Å². The summed E-state index contributed by atoms with van der Waals surface area (Å²) in [5, 5.41) is 3.94. The predicted octanol–water partition coefficient (Wildman–Crippen LogP) is 2.32. The summed E-state index contributed by atoms with van der Waals surface area (Å²) in [5.74, 6) is 1.03. The van der Waals surface area contributed by atoms with Gasteiger partial charge in [-0.05, 0) is 32.5 Å². The second kappa shape index (κ2) is 4.45. The Bertz CT molecular complexity index is 353. The van der Waals surface area contributed by atoms with Crippen LogP contribution >= 0.6 is 11.8 Å². The zero-order chi connectivity index (χ0) is 10.8. The minimum atomic E-state index is 0.534. The average Bonchev–Trinajstić information content (AvgIpc) is 2.71. The number of hydrogen-bond acceptors (Lipinski definition) is 3. The average molecular weight is 223 g/mol. The number of benzene rings is 1. The van der Waals surface area contributed by atoms with Crippen LogP contribution in [0.25, 0.3) is 0 Å². The van der Waals surface area contributed by atoms with E-state index in [1.165, 1.54) is 10.5 Å². The van der Waals surface area contributed by atoms with Crippen LogP contribution in [0.3, 0.4) is 0 Å². The van der Waals surface area contributed by atoms with E-state index in [4.69, 9.17) is 4.74 Å². The summed E-state index contributed by atoms with van der Waals surface area (Å²) in [6.45, 7) is 2.23. The molecule has 0 bridgehead atoms. The zero-order valence-corrected chi connectivity index (χ0v) is 10.2. The summed E-state index contributed by atoms with van der Waals surface area (Å²) < 4.78 is 5.39. The summed E-state index contributed by atoms with van der Waals surface area (Å²) in [4.78, 5) is 1.38. The molecule has 0 radical (unpaired) electrons. The molecule has 1 heterocycles. The van der Waals surface area contributed by atoms with Crippen molar-refractivity contribution in [3.05, 3.63) is 23.8 Å². The van der Waals surface area contributed by atoms with Crippen molar-refractivity contribution in [2.75, 3.05) is 14.2 Å². The number of methoxy groups -OCH3 is 1. The number of rotatable bonds is 3. The van der Waals surface area contributed by atoms with Crippen LogP contribution in [0.2, 0.25) is 0 Å². The third-order valence-corrected chi connectivity index (χ3v) is 4.52. The molecule has 0 spiro atoms. The highest BCUT2D eigenvalue weighted by Crippen LogP contribution is 2.42. The molecule has 1 N–H and O–H groups in total. The third kappa shape index (κ3) is 1.99. The van der Waals surface area contributed by atoms with Gasteiger partial charge in [0, 0.05) is 21.8 Å². The maximum absolute atomic E-state index is 5.39. The van der Waals surface area contributed by atoms with E-state index in [2.05, 4.69) is 24.4 Å². The minimum absolute atomic E-state index is 0.534. The Labute approximate surface area is 95.4 Å². The van der Waals surface area contributed by atoms with Gasteiger partial charge in [-0.25, -0.2) is 0 Å². The van der Waals surface area contributed by atoms with Crippen LogP contribution in [0.1, 0.15) is 12.5 Å². The van der Waals surface area contributed by atoms with Crippen LogP contribution in [0.5, 0.6) is 5.75 Å². The fourth-order valence-electron chi connectivity index (χ4n) is 1.92. The number of thioether (sulfide) groups is 1. The topological polar surface area (TPSA) is 21.3 Å². The molecule has 1 aliphatic heterocycles. The molecule has 15 heavy (non-hydrogen) atoms. The van der Waals surface area contributed by atoms with Crippen LogP contribution in [0.4, 0.5) is 0 Å². The van der Waals surface area contributed by atoms with Crippen LogP contribution in [0.15, 0.2) is 23.1 Å². The summed E-state index contributed by atoms with van der Waals surface area (Å²) >= 11 is 1.96. The number of hydrogen-bond donors (Lipinski definition) is 1. The highest BCUT2D eigenvalue weighted by Gasteiger charge is 2.28. The molecule has 0 saturated carbocycles. The van der Waals surface area contributed by atoms with Crippen molar-refractivity contribution in [2.24, 2.45) is 0 Å². The van der Waals surface area contributed by atoms with Gasteiger partial charge in [0.15, 0.2) is 0 Å². The lowest BCUT2D eigenvalue weighted by Gasteiger charge is -2.16. The molecule has 0 saturated heterocycles. The predicted molar refractivity (Wildman–Crippen MR) is 64.9 cm³/mol. The molecule has 2 unspecified atom stereocenters. The number of nitrogens with one attached hydrogen (secondary N) is 1. The molecule has 1 aliphatic rings. The van der Waals surface area contributed by atoms with Crippen molar-refractivity contribution >= 4 is 11.8 Å². The molecular weight excluding hydrogens is 206 g/mol. The molecule has 1 aromatic rings. The van der Waals surface area contributed by atoms with Gasteiger partial charge < -0.3 is 10.1 Å². The Morgan fingerprint density at radius 3 is 3.00 bits per heavy atom. The van der Waals surface area contributed by atoms with Crippen LogP contribution in [-0.2, 0) is 6.42 Å². The van der Waals surface area contributed by atoms with Gasteiger partial charge >= 0.3 is 0 Å². The maximum atomic E-state index is 5.39. The Kier molecular flexibility index (Phi) is 3.22. The van der Waals surface area contributed by atoms with Crippen molar-refractivity contribution in [1.82, 2.24) is 5.32 Å². The molecule has 1 aromatic carbocycles. The Balaban J connectivity index is 2.23. The fraction of sp³-hybridized carbons (Fsp3) is 0.500. The molecule has 2 rings (SSSR count). The van der Waals surface area contributed by atoms with Gasteiger partial charge in [0.2, 0.25) is 0 Å². The second-order valence-electron chi connectivity index (χ2n) is 3.87. The van der Waals surface area contributed by atoms with E-state index in [0.29, 0.717) is 11.3 Å².